The molecule has 3 heterocycles. The van der Waals surface area contributed by atoms with Crippen LogP contribution in [-0.4, -0.2) is 69.1 Å². The van der Waals surface area contributed by atoms with Gasteiger partial charge in [0.1, 0.15) is 12.2 Å². The van der Waals surface area contributed by atoms with Gasteiger partial charge in [0.05, 0.1) is 14.2 Å². The van der Waals surface area contributed by atoms with Gasteiger partial charge in [0.15, 0.2) is 17.3 Å². The largest absolute Gasteiger partial charge is 0.493 e. The fourth-order valence-electron chi connectivity index (χ4n) is 3.49. The maximum atomic E-state index is 12.6. The highest BCUT2D eigenvalue weighted by Crippen LogP contribution is 2.28. The van der Waals surface area contributed by atoms with Crippen LogP contribution in [0.1, 0.15) is 11.4 Å². The Kier molecular flexibility index (Phi) is 5.92. The molecule has 168 valence electrons. The number of methoxy groups -OCH3 is 2. The van der Waals surface area contributed by atoms with Crippen LogP contribution in [0.15, 0.2) is 35.4 Å². The van der Waals surface area contributed by atoms with E-state index < -0.39 is 0 Å². The Balaban J connectivity index is 1.55. The second kappa shape index (κ2) is 8.96. The molecule has 1 saturated heterocycles. The molecule has 0 saturated carbocycles. The van der Waals surface area contributed by atoms with E-state index in [4.69, 9.17) is 15.2 Å². The van der Waals surface area contributed by atoms with Crippen molar-refractivity contribution in [3.8, 4) is 17.3 Å². The fourth-order valence-corrected chi connectivity index (χ4v) is 3.49. The number of carbonyl (C=O) groups is 1. The molecule has 2 amide bonds. The van der Waals surface area contributed by atoms with Gasteiger partial charge in [-0.3, -0.25) is 9.36 Å². The van der Waals surface area contributed by atoms with E-state index in [1.807, 2.05) is 12.1 Å². The van der Waals surface area contributed by atoms with Crippen LogP contribution >= 0.6 is 0 Å². The Morgan fingerprint density at radius 1 is 1.12 bits per heavy atom. The topological polar surface area (TPSA) is 142 Å². The third-order valence-corrected chi connectivity index (χ3v) is 5.14. The summed E-state index contributed by atoms with van der Waals surface area (Å²) >= 11 is 0. The maximum absolute atomic E-state index is 12.6. The second-order valence-electron chi connectivity index (χ2n) is 7.16. The number of carbonyl (C=O) groups excluding carboxylic acids is 1. The van der Waals surface area contributed by atoms with Gasteiger partial charge in [-0.1, -0.05) is 6.07 Å². The maximum Gasteiger partial charge on any atom is 0.317 e. The number of hydrogen-bond acceptors (Lipinski definition) is 8. The first kappa shape index (κ1) is 21.2. The Bertz CT molecular complexity index is 1190. The monoisotopic (exact) mass is 440 g/mol. The predicted molar refractivity (Wildman–Crippen MR) is 115 cm³/mol. The van der Waals surface area contributed by atoms with E-state index in [2.05, 4.69) is 20.4 Å². The molecule has 3 N–H and O–H groups in total. The highest BCUT2D eigenvalue weighted by molar-refractivity contribution is 5.76. The Morgan fingerprint density at radius 2 is 1.94 bits per heavy atom. The predicted octanol–water partition coefficient (Wildman–Crippen LogP) is 0.0394. The number of hydrogen-bond donors (Lipinski definition) is 2. The summed E-state index contributed by atoms with van der Waals surface area (Å²) in [7, 11) is 3.14. The van der Waals surface area contributed by atoms with E-state index in [-0.39, 0.29) is 17.5 Å². The van der Waals surface area contributed by atoms with Gasteiger partial charge in [0, 0.05) is 38.7 Å². The Labute approximate surface area is 183 Å². The Morgan fingerprint density at radius 3 is 2.62 bits per heavy atom. The van der Waals surface area contributed by atoms with Crippen molar-refractivity contribution >= 4 is 12.0 Å². The van der Waals surface area contributed by atoms with Crippen LogP contribution in [0.2, 0.25) is 0 Å². The molecule has 0 spiro atoms. The van der Waals surface area contributed by atoms with Gasteiger partial charge in [-0.2, -0.15) is 9.67 Å². The lowest BCUT2D eigenvalue weighted by Gasteiger charge is -2.14. The number of nitrogens with zero attached hydrogens (tertiary/aromatic N) is 6. The number of aromatic nitrogens is 5. The molecule has 32 heavy (non-hydrogen) atoms. The highest BCUT2D eigenvalue weighted by Gasteiger charge is 2.19. The summed E-state index contributed by atoms with van der Waals surface area (Å²) in [6.45, 7) is 2.00. The number of urea groups is 1. The second-order valence-corrected chi connectivity index (χ2v) is 7.16. The molecular formula is C20H24N8O4. The van der Waals surface area contributed by atoms with E-state index in [1.165, 1.54) is 21.6 Å². The van der Waals surface area contributed by atoms with Crippen molar-refractivity contribution in [2.45, 2.75) is 13.0 Å². The molecule has 12 nitrogen and oxygen atoms in total. The molecule has 0 atom stereocenters. The molecule has 1 fully saturated rings. The number of nitrogens with two attached hydrogens (primary N) is 1. The molecule has 1 aliphatic heterocycles. The minimum atomic E-state index is -0.263. The van der Waals surface area contributed by atoms with Gasteiger partial charge in [0.25, 0.3) is 5.56 Å². The molecule has 2 aromatic heterocycles. The molecule has 0 bridgehead atoms. The first-order valence-electron chi connectivity index (χ1n) is 10.0. The summed E-state index contributed by atoms with van der Waals surface area (Å²) < 4.78 is 13.5. The number of ether oxygens (including phenoxy) is 2. The lowest BCUT2D eigenvalue weighted by Crippen LogP contribution is -2.33. The molecule has 0 aliphatic carbocycles. The van der Waals surface area contributed by atoms with Gasteiger partial charge in [0.2, 0.25) is 5.95 Å². The van der Waals surface area contributed by atoms with E-state index in [0.29, 0.717) is 55.7 Å². The van der Waals surface area contributed by atoms with Crippen LogP contribution in [0.5, 0.6) is 11.5 Å². The standard InChI is InChI=1S/C20H24N8O4/c1-31-14-4-3-13(9-15(14)32-2)10-17-24-19(21)25-28(17)16-11-18(29)27(12-23-16)8-7-26-6-5-22-20(26)30/h3-4,9,11-12H,5-8,10H2,1-2H3,(H2,21,25)(H,22,30). The SMILES string of the molecule is COc1ccc(Cc2nc(N)nn2-c2cc(=O)n(CCN3CCNC3=O)cn2)cc1OC. The first-order valence-corrected chi connectivity index (χ1v) is 10.0. The summed E-state index contributed by atoms with van der Waals surface area (Å²) in [6, 6.07) is 6.78. The van der Waals surface area contributed by atoms with Crippen LogP contribution in [0.25, 0.3) is 5.82 Å². The zero-order valence-corrected chi connectivity index (χ0v) is 17.8. The number of nitrogen functional groups attached to an aromatic ring is 1. The third-order valence-electron chi connectivity index (χ3n) is 5.14. The van der Waals surface area contributed by atoms with E-state index in [9.17, 15) is 9.59 Å². The fraction of sp³-hybridized carbons (Fsp3) is 0.350. The van der Waals surface area contributed by atoms with Gasteiger partial charge < -0.3 is 25.4 Å². The van der Waals surface area contributed by atoms with Crippen LogP contribution in [0, 0.1) is 0 Å². The van der Waals surface area contributed by atoms with E-state index in [1.54, 1.807) is 25.2 Å². The van der Waals surface area contributed by atoms with E-state index in [0.717, 1.165) is 5.56 Å². The average Bonchev–Trinajstić information content (AvgIpc) is 3.37. The summed E-state index contributed by atoms with van der Waals surface area (Å²) in [5, 5.41) is 6.93. The van der Waals surface area contributed by atoms with Crippen molar-refractivity contribution in [1.82, 2.24) is 34.5 Å². The van der Waals surface area contributed by atoms with Crippen molar-refractivity contribution in [1.29, 1.82) is 0 Å². The normalized spacial score (nSPS) is 13.3. The number of benzene rings is 1. The van der Waals surface area contributed by atoms with Gasteiger partial charge >= 0.3 is 6.03 Å². The summed E-state index contributed by atoms with van der Waals surface area (Å²) in [6.07, 6.45) is 1.82. The zero-order chi connectivity index (χ0) is 22.7. The summed E-state index contributed by atoms with van der Waals surface area (Å²) in [4.78, 5) is 34.6. The highest BCUT2D eigenvalue weighted by atomic mass is 16.5. The van der Waals surface area contributed by atoms with E-state index >= 15 is 0 Å². The smallest absolute Gasteiger partial charge is 0.317 e. The van der Waals surface area contributed by atoms with Crippen molar-refractivity contribution in [3.63, 3.8) is 0 Å². The quantitative estimate of drug-likeness (QED) is 0.500. The number of nitrogens with one attached hydrogen (secondary N) is 1. The minimum Gasteiger partial charge on any atom is -0.493 e. The molecule has 0 unspecified atom stereocenters. The summed E-state index contributed by atoms with van der Waals surface area (Å²) in [5.74, 6) is 2.12. The first-order chi connectivity index (χ1) is 15.5. The molecule has 1 aliphatic rings. The van der Waals surface area contributed by atoms with Gasteiger partial charge in [-0.05, 0) is 17.7 Å². The number of anilines is 1. The van der Waals surface area contributed by atoms with Crippen molar-refractivity contribution in [2.24, 2.45) is 0 Å². The lowest BCUT2D eigenvalue weighted by molar-refractivity contribution is 0.215. The average molecular weight is 440 g/mol. The summed E-state index contributed by atoms with van der Waals surface area (Å²) in [5.41, 5.74) is 6.46. The Hall–Kier alpha value is -4.09. The lowest BCUT2D eigenvalue weighted by atomic mass is 10.1. The molecule has 12 heteroatoms. The van der Waals surface area contributed by atoms with Crippen molar-refractivity contribution in [2.75, 3.05) is 39.6 Å². The van der Waals surface area contributed by atoms with Gasteiger partial charge in [-0.25, -0.2) is 9.78 Å². The molecular weight excluding hydrogens is 416 g/mol. The molecule has 1 aromatic carbocycles. The minimum absolute atomic E-state index is 0.0755. The number of amides is 2. The van der Waals surface area contributed by atoms with Crippen LogP contribution in [-0.2, 0) is 13.0 Å². The van der Waals surface area contributed by atoms with Crippen LogP contribution in [0.4, 0.5) is 10.7 Å². The molecule has 3 aromatic rings. The third kappa shape index (κ3) is 4.33. The van der Waals surface area contributed by atoms with Crippen LogP contribution in [0.3, 0.4) is 0 Å². The molecule has 0 radical (unpaired) electrons. The van der Waals surface area contributed by atoms with Gasteiger partial charge in [-0.15, -0.1) is 5.10 Å². The van der Waals surface area contributed by atoms with Crippen LogP contribution < -0.4 is 26.1 Å². The molecule has 4 rings (SSSR count). The number of rotatable bonds is 8. The van der Waals surface area contributed by atoms with Crippen molar-refractivity contribution < 1.29 is 14.3 Å². The van der Waals surface area contributed by atoms with Crippen molar-refractivity contribution in [3.05, 3.63) is 52.3 Å². The zero-order valence-electron chi connectivity index (χ0n) is 17.8.